The molecule has 0 aliphatic carbocycles. The van der Waals surface area contributed by atoms with Crippen LogP contribution in [0.4, 0.5) is 0 Å². The number of carboxylic acids is 1. The Labute approximate surface area is 103 Å². The highest BCUT2D eigenvalue weighted by atomic mass is 32.2. The number of aliphatic carboxylic acids is 1. The molecule has 0 bridgehead atoms. The van der Waals surface area contributed by atoms with Crippen LogP contribution >= 0.6 is 0 Å². The summed E-state index contributed by atoms with van der Waals surface area (Å²) >= 11 is 0. The van der Waals surface area contributed by atoms with Gasteiger partial charge < -0.3 is 15.6 Å². The van der Waals surface area contributed by atoms with Crippen LogP contribution in [0, 0.1) is 0 Å². The van der Waals surface area contributed by atoms with Gasteiger partial charge in [0.15, 0.2) is 6.61 Å². The van der Waals surface area contributed by atoms with E-state index >= 15 is 0 Å². The van der Waals surface area contributed by atoms with Gasteiger partial charge in [-0.3, -0.25) is 0 Å². The van der Waals surface area contributed by atoms with Crippen molar-refractivity contribution in [2.45, 2.75) is 5.75 Å². The van der Waals surface area contributed by atoms with E-state index in [0.717, 1.165) is 0 Å². The van der Waals surface area contributed by atoms with Crippen LogP contribution in [-0.4, -0.2) is 31.9 Å². The van der Waals surface area contributed by atoms with Gasteiger partial charge in [-0.15, -0.1) is 4.40 Å². The van der Waals surface area contributed by atoms with Gasteiger partial charge in [0, 0.05) is 0 Å². The Bertz CT molecular complexity index is 636. The molecule has 8 heteroatoms. The van der Waals surface area contributed by atoms with Crippen LogP contribution in [-0.2, 0) is 20.6 Å². The van der Waals surface area contributed by atoms with Crippen molar-refractivity contribution in [1.82, 2.24) is 0 Å². The number of sulfonamides is 1. The van der Waals surface area contributed by atoms with Gasteiger partial charge in [0.1, 0.15) is 11.6 Å². The molecule has 0 unspecified atom stereocenters. The normalized spacial score (nSPS) is 16.6. The quantitative estimate of drug-likeness (QED) is 0.778. The van der Waals surface area contributed by atoms with E-state index in [2.05, 4.69) is 4.40 Å². The van der Waals surface area contributed by atoms with Crippen molar-refractivity contribution in [3.63, 3.8) is 0 Å². The smallest absolute Gasteiger partial charge is 0.341 e. The Morgan fingerprint density at radius 1 is 1.50 bits per heavy atom. The third kappa shape index (κ3) is 2.43. The second-order valence-electron chi connectivity index (χ2n) is 3.68. The molecule has 1 aliphatic heterocycles. The predicted octanol–water partition coefficient (Wildman–Crippen LogP) is -0.301. The average Bonchev–Trinajstić information content (AvgIpc) is 2.23. The molecule has 96 valence electrons. The first-order chi connectivity index (χ1) is 8.39. The Morgan fingerprint density at radius 3 is 2.89 bits per heavy atom. The molecule has 1 heterocycles. The maximum Gasteiger partial charge on any atom is 0.341 e. The lowest BCUT2D eigenvalue weighted by atomic mass is 10.1. The van der Waals surface area contributed by atoms with Crippen molar-refractivity contribution < 1.29 is 23.1 Å². The van der Waals surface area contributed by atoms with E-state index in [-0.39, 0.29) is 17.3 Å². The van der Waals surface area contributed by atoms with E-state index in [1.54, 1.807) is 12.1 Å². The first-order valence-corrected chi connectivity index (χ1v) is 6.55. The number of nitrogens with zero attached hydrogens (tertiary/aromatic N) is 1. The van der Waals surface area contributed by atoms with Crippen molar-refractivity contribution in [2.75, 3.05) is 6.61 Å². The summed E-state index contributed by atoms with van der Waals surface area (Å²) in [7, 11) is -3.60. The lowest BCUT2D eigenvalue weighted by Crippen LogP contribution is -2.25. The summed E-state index contributed by atoms with van der Waals surface area (Å²) in [5, 5.41) is 8.55. The van der Waals surface area contributed by atoms with Crippen LogP contribution in [0.25, 0.3) is 0 Å². The Hall–Kier alpha value is -2.09. The third-order valence-corrected chi connectivity index (χ3v) is 3.45. The Morgan fingerprint density at radius 2 is 2.22 bits per heavy atom. The number of fused-ring (bicyclic) bond motifs is 1. The molecule has 1 aliphatic rings. The molecular weight excluding hydrogens is 260 g/mol. The molecule has 0 atom stereocenters. The fourth-order valence-electron chi connectivity index (χ4n) is 1.67. The van der Waals surface area contributed by atoms with E-state index < -0.39 is 22.6 Å². The summed E-state index contributed by atoms with van der Waals surface area (Å²) in [6.45, 7) is -0.531. The molecule has 7 nitrogen and oxygen atoms in total. The van der Waals surface area contributed by atoms with Gasteiger partial charge in [0.25, 0.3) is 10.0 Å². The van der Waals surface area contributed by atoms with Crippen LogP contribution in [0.2, 0.25) is 0 Å². The highest BCUT2D eigenvalue weighted by Crippen LogP contribution is 2.27. The molecule has 0 radical (unpaired) electrons. The lowest BCUT2D eigenvalue weighted by Gasteiger charge is -2.17. The van der Waals surface area contributed by atoms with Gasteiger partial charge in [0.05, 0.1) is 11.3 Å². The van der Waals surface area contributed by atoms with Crippen LogP contribution in [0.1, 0.15) is 11.1 Å². The van der Waals surface area contributed by atoms with Gasteiger partial charge in [-0.1, -0.05) is 12.1 Å². The summed E-state index contributed by atoms with van der Waals surface area (Å²) in [6.07, 6.45) is 0. The van der Waals surface area contributed by atoms with Crippen LogP contribution in [0.5, 0.6) is 5.75 Å². The third-order valence-electron chi connectivity index (χ3n) is 2.30. The topological polar surface area (TPSA) is 119 Å². The van der Waals surface area contributed by atoms with E-state index in [9.17, 15) is 13.2 Å². The number of nitrogens with two attached hydrogens (primary N) is 1. The number of amidine groups is 1. The highest BCUT2D eigenvalue weighted by Gasteiger charge is 2.25. The van der Waals surface area contributed by atoms with Crippen molar-refractivity contribution in [3.05, 3.63) is 29.3 Å². The summed E-state index contributed by atoms with van der Waals surface area (Å²) in [6, 6.07) is 4.67. The molecular formula is C10H10N2O5S. The van der Waals surface area contributed by atoms with Crippen LogP contribution in [0.15, 0.2) is 22.6 Å². The molecule has 18 heavy (non-hydrogen) atoms. The molecule has 0 fully saturated rings. The number of carboxylic acid groups (broad SMARTS) is 1. The standard InChI is InChI=1S/C10H10N2O5S/c11-10-9-6(5-18(15,16)12-10)2-1-3-7(9)17-4-8(13)14/h1-3H,4-5H2,(H2,11,12)(H,13,14). The van der Waals surface area contributed by atoms with E-state index in [4.69, 9.17) is 15.6 Å². The summed E-state index contributed by atoms with van der Waals surface area (Å²) in [5.74, 6) is -1.37. The minimum Gasteiger partial charge on any atom is -0.481 e. The SMILES string of the molecule is NC1=NS(=O)(=O)Cc2cccc(OCC(=O)O)c21. The van der Waals surface area contributed by atoms with Crippen molar-refractivity contribution >= 4 is 21.8 Å². The van der Waals surface area contributed by atoms with Crippen LogP contribution < -0.4 is 10.5 Å². The van der Waals surface area contributed by atoms with Gasteiger partial charge in [-0.25, -0.2) is 13.2 Å². The molecule has 2 rings (SSSR count). The van der Waals surface area contributed by atoms with Crippen molar-refractivity contribution in [1.29, 1.82) is 0 Å². The lowest BCUT2D eigenvalue weighted by molar-refractivity contribution is -0.139. The summed E-state index contributed by atoms with van der Waals surface area (Å²) < 4.78 is 31.2. The fraction of sp³-hybridized carbons (Fsp3) is 0.200. The minimum atomic E-state index is -3.60. The number of hydrogen-bond acceptors (Lipinski definition) is 5. The van der Waals surface area contributed by atoms with Gasteiger partial charge in [0.2, 0.25) is 0 Å². The zero-order chi connectivity index (χ0) is 13.3. The number of benzene rings is 1. The molecule has 0 saturated heterocycles. The number of hydrogen-bond donors (Lipinski definition) is 2. The van der Waals surface area contributed by atoms with Gasteiger partial charge in [-0.05, 0) is 11.6 Å². The number of carbonyl (C=O) groups is 1. The second-order valence-corrected chi connectivity index (χ2v) is 5.31. The first-order valence-electron chi connectivity index (χ1n) is 4.94. The van der Waals surface area contributed by atoms with Crippen LogP contribution in [0.3, 0.4) is 0 Å². The molecule has 1 aromatic carbocycles. The van der Waals surface area contributed by atoms with Gasteiger partial charge in [-0.2, -0.15) is 0 Å². The van der Waals surface area contributed by atoms with Crippen molar-refractivity contribution in [2.24, 2.45) is 10.1 Å². The minimum absolute atomic E-state index is 0.183. The predicted molar refractivity (Wildman–Crippen MR) is 62.9 cm³/mol. The van der Waals surface area contributed by atoms with Crippen molar-refractivity contribution in [3.8, 4) is 5.75 Å². The first kappa shape index (κ1) is 12.4. The number of ether oxygens (including phenoxy) is 1. The Balaban J connectivity index is 2.45. The summed E-state index contributed by atoms with van der Waals surface area (Å²) in [5.41, 5.74) is 6.36. The molecule has 3 N–H and O–H groups in total. The van der Waals surface area contributed by atoms with E-state index in [0.29, 0.717) is 11.1 Å². The largest absolute Gasteiger partial charge is 0.481 e. The molecule has 0 spiro atoms. The molecule has 1 aromatic rings. The van der Waals surface area contributed by atoms with E-state index in [1.807, 2.05) is 0 Å². The maximum atomic E-state index is 11.4. The van der Waals surface area contributed by atoms with Gasteiger partial charge >= 0.3 is 5.97 Å². The maximum absolute atomic E-state index is 11.4. The second kappa shape index (κ2) is 4.30. The monoisotopic (exact) mass is 270 g/mol. The fourth-order valence-corrected chi connectivity index (χ4v) is 2.76. The zero-order valence-electron chi connectivity index (χ0n) is 9.16. The zero-order valence-corrected chi connectivity index (χ0v) is 9.98. The number of rotatable bonds is 3. The highest BCUT2D eigenvalue weighted by molar-refractivity contribution is 7.89. The summed E-state index contributed by atoms with van der Waals surface area (Å²) in [4.78, 5) is 10.4. The molecule has 0 amide bonds. The Kier molecular flexibility index (Phi) is 2.95. The molecule has 0 saturated carbocycles. The average molecular weight is 270 g/mol. The molecule has 0 aromatic heterocycles. The van der Waals surface area contributed by atoms with E-state index in [1.165, 1.54) is 6.07 Å².